The Bertz CT molecular complexity index is 273. The molecule has 6 heteroatoms. The van der Waals surface area contributed by atoms with Gasteiger partial charge in [0.15, 0.2) is 5.82 Å². The summed E-state index contributed by atoms with van der Waals surface area (Å²) in [5.41, 5.74) is 2.90. The number of nitrogens with zero attached hydrogens (tertiary/aromatic N) is 2. The van der Waals surface area contributed by atoms with Crippen molar-refractivity contribution in [2.75, 3.05) is 5.32 Å². The summed E-state index contributed by atoms with van der Waals surface area (Å²) in [6.45, 7) is 1.89. The fourth-order valence-electron chi connectivity index (χ4n) is 0.774. The molecule has 0 spiro atoms. The number of aryl methyl sites for hydroxylation is 2. The Morgan fingerprint density at radius 2 is 2.42 bits per heavy atom. The molecule has 1 rings (SSSR count). The second kappa shape index (κ2) is 3.22. The van der Waals surface area contributed by atoms with Gasteiger partial charge >= 0.3 is 6.03 Å². The zero-order valence-corrected chi connectivity index (χ0v) is 6.96. The lowest BCUT2D eigenvalue weighted by Crippen LogP contribution is -2.34. The van der Waals surface area contributed by atoms with E-state index in [2.05, 4.69) is 10.4 Å². The standard InChI is InChI=1S/C6H11N5O/c1-4-3-5(10-11(4)2)8-6(12)9-7/h3H,7H2,1-2H3,(H2,8,9,10,12). The number of hydrogen-bond donors (Lipinski definition) is 3. The lowest BCUT2D eigenvalue weighted by molar-refractivity contribution is 0.252. The van der Waals surface area contributed by atoms with E-state index in [9.17, 15) is 4.79 Å². The molecule has 0 saturated heterocycles. The van der Waals surface area contributed by atoms with Crippen LogP contribution >= 0.6 is 0 Å². The van der Waals surface area contributed by atoms with Crippen LogP contribution in [0, 0.1) is 6.92 Å². The predicted molar refractivity (Wildman–Crippen MR) is 44.3 cm³/mol. The quantitative estimate of drug-likeness (QED) is 0.307. The van der Waals surface area contributed by atoms with Crippen LogP contribution in [-0.4, -0.2) is 15.8 Å². The summed E-state index contributed by atoms with van der Waals surface area (Å²) in [4.78, 5) is 10.7. The largest absolute Gasteiger partial charge is 0.334 e. The Kier molecular flexibility index (Phi) is 2.29. The fourth-order valence-corrected chi connectivity index (χ4v) is 0.774. The number of anilines is 1. The SMILES string of the molecule is Cc1cc(NC(=O)NN)nn1C. The smallest absolute Gasteiger partial charge is 0.290 e. The Morgan fingerprint density at radius 1 is 1.75 bits per heavy atom. The summed E-state index contributed by atoms with van der Waals surface area (Å²) < 4.78 is 1.66. The minimum Gasteiger partial charge on any atom is -0.290 e. The number of hydrogen-bond acceptors (Lipinski definition) is 3. The highest BCUT2D eigenvalue weighted by Crippen LogP contribution is 2.05. The highest BCUT2D eigenvalue weighted by Gasteiger charge is 2.03. The lowest BCUT2D eigenvalue weighted by atomic mass is 10.5. The van der Waals surface area contributed by atoms with Crippen LogP contribution in [0.1, 0.15) is 5.69 Å². The molecule has 6 nitrogen and oxygen atoms in total. The Hall–Kier alpha value is -1.56. The van der Waals surface area contributed by atoms with E-state index in [4.69, 9.17) is 5.84 Å². The average Bonchev–Trinajstić information content (AvgIpc) is 2.31. The summed E-state index contributed by atoms with van der Waals surface area (Å²) in [7, 11) is 1.79. The molecule has 0 fully saturated rings. The molecule has 0 unspecified atom stereocenters. The second-order valence-electron chi connectivity index (χ2n) is 2.39. The molecule has 1 heterocycles. The van der Waals surface area contributed by atoms with Gasteiger partial charge in [0.1, 0.15) is 0 Å². The predicted octanol–water partition coefficient (Wildman–Crippen LogP) is -0.276. The first kappa shape index (κ1) is 8.54. The van der Waals surface area contributed by atoms with Gasteiger partial charge in [0.2, 0.25) is 0 Å². The van der Waals surface area contributed by atoms with Gasteiger partial charge in [-0.2, -0.15) is 5.10 Å². The zero-order valence-electron chi connectivity index (χ0n) is 6.96. The summed E-state index contributed by atoms with van der Waals surface area (Å²) in [6.07, 6.45) is 0. The molecule has 1 aromatic heterocycles. The Balaban J connectivity index is 2.70. The molecule has 4 N–H and O–H groups in total. The topological polar surface area (TPSA) is 85.0 Å². The van der Waals surface area contributed by atoms with Crippen LogP contribution < -0.4 is 16.6 Å². The highest BCUT2D eigenvalue weighted by molar-refractivity contribution is 5.87. The van der Waals surface area contributed by atoms with Crippen LogP contribution in [0.3, 0.4) is 0 Å². The van der Waals surface area contributed by atoms with Crippen LogP contribution in [0.4, 0.5) is 10.6 Å². The fraction of sp³-hybridized carbons (Fsp3) is 0.333. The molecular formula is C6H11N5O. The van der Waals surface area contributed by atoms with E-state index >= 15 is 0 Å². The molecule has 66 valence electrons. The summed E-state index contributed by atoms with van der Waals surface area (Å²) in [6, 6.07) is 1.27. The van der Waals surface area contributed by atoms with Crippen LogP contribution in [0.25, 0.3) is 0 Å². The maximum absolute atomic E-state index is 10.7. The summed E-state index contributed by atoms with van der Waals surface area (Å²) in [5.74, 6) is 5.35. The Morgan fingerprint density at radius 3 is 2.83 bits per heavy atom. The van der Waals surface area contributed by atoms with Crippen molar-refractivity contribution in [1.82, 2.24) is 15.2 Å². The molecule has 0 atom stereocenters. The first-order chi connectivity index (χ1) is 5.63. The van der Waals surface area contributed by atoms with Crippen molar-refractivity contribution in [3.63, 3.8) is 0 Å². The molecule has 0 bridgehead atoms. The van der Waals surface area contributed by atoms with Gasteiger partial charge in [-0.05, 0) is 6.92 Å². The van der Waals surface area contributed by atoms with E-state index < -0.39 is 6.03 Å². The molecule has 0 aliphatic heterocycles. The van der Waals surface area contributed by atoms with Crippen molar-refractivity contribution >= 4 is 11.8 Å². The van der Waals surface area contributed by atoms with Gasteiger partial charge in [0.05, 0.1) is 0 Å². The first-order valence-corrected chi connectivity index (χ1v) is 3.41. The number of aromatic nitrogens is 2. The molecule has 0 aliphatic carbocycles. The van der Waals surface area contributed by atoms with Gasteiger partial charge in [0, 0.05) is 18.8 Å². The number of nitrogens with two attached hydrogens (primary N) is 1. The Labute approximate surface area is 69.7 Å². The van der Waals surface area contributed by atoms with Crippen LogP contribution in [0.5, 0.6) is 0 Å². The molecule has 0 saturated carbocycles. The molecule has 2 amide bonds. The van der Waals surface area contributed by atoms with Gasteiger partial charge in [-0.25, -0.2) is 10.6 Å². The second-order valence-corrected chi connectivity index (χ2v) is 2.39. The number of carbonyl (C=O) groups excluding carboxylic acids is 1. The van der Waals surface area contributed by atoms with Crippen molar-refractivity contribution in [1.29, 1.82) is 0 Å². The van der Waals surface area contributed by atoms with Crippen molar-refractivity contribution in [2.24, 2.45) is 12.9 Å². The van der Waals surface area contributed by atoms with E-state index in [1.807, 2.05) is 12.3 Å². The number of carbonyl (C=O) groups is 1. The van der Waals surface area contributed by atoms with E-state index in [-0.39, 0.29) is 0 Å². The molecular weight excluding hydrogens is 158 g/mol. The van der Waals surface area contributed by atoms with Gasteiger partial charge < -0.3 is 0 Å². The van der Waals surface area contributed by atoms with Gasteiger partial charge in [-0.1, -0.05) is 0 Å². The molecule has 1 aromatic rings. The molecule has 12 heavy (non-hydrogen) atoms. The number of nitrogens with one attached hydrogen (secondary N) is 2. The third kappa shape index (κ3) is 1.73. The number of rotatable bonds is 1. The van der Waals surface area contributed by atoms with Crippen LogP contribution in [0.15, 0.2) is 6.07 Å². The molecule has 0 aliphatic rings. The van der Waals surface area contributed by atoms with E-state index in [0.717, 1.165) is 5.69 Å². The summed E-state index contributed by atoms with van der Waals surface area (Å²) in [5, 5.41) is 6.43. The minimum atomic E-state index is -0.479. The average molecular weight is 169 g/mol. The van der Waals surface area contributed by atoms with Crippen molar-refractivity contribution in [3.05, 3.63) is 11.8 Å². The maximum atomic E-state index is 10.7. The van der Waals surface area contributed by atoms with E-state index in [1.54, 1.807) is 17.8 Å². The lowest BCUT2D eigenvalue weighted by Gasteiger charge is -1.97. The van der Waals surface area contributed by atoms with Crippen molar-refractivity contribution in [3.8, 4) is 0 Å². The van der Waals surface area contributed by atoms with Crippen LogP contribution in [-0.2, 0) is 7.05 Å². The van der Waals surface area contributed by atoms with E-state index in [1.165, 1.54) is 0 Å². The van der Waals surface area contributed by atoms with Crippen molar-refractivity contribution < 1.29 is 4.79 Å². The monoisotopic (exact) mass is 169 g/mol. The van der Waals surface area contributed by atoms with Gasteiger partial charge in [-0.3, -0.25) is 15.4 Å². The van der Waals surface area contributed by atoms with E-state index in [0.29, 0.717) is 5.82 Å². The molecule has 0 aromatic carbocycles. The third-order valence-corrected chi connectivity index (χ3v) is 1.49. The molecule has 0 radical (unpaired) electrons. The van der Waals surface area contributed by atoms with Crippen molar-refractivity contribution in [2.45, 2.75) is 6.92 Å². The number of hydrazine groups is 1. The zero-order chi connectivity index (χ0) is 9.14. The maximum Gasteiger partial charge on any atom is 0.334 e. The first-order valence-electron chi connectivity index (χ1n) is 3.41. The van der Waals surface area contributed by atoms with Gasteiger partial charge in [-0.15, -0.1) is 0 Å². The summed E-state index contributed by atoms with van der Waals surface area (Å²) >= 11 is 0. The normalized spacial score (nSPS) is 9.58. The minimum absolute atomic E-state index is 0.479. The van der Waals surface area contributed by atoms with Crippen LogP contribution in [0.2, 0.25) is 0 Å². The number of urea groups is 1. The van der Waals surface area contributed by atoms with Gasteiger partial charge in [0.25, 0.3) is 0 Å². The third-order valence-electron chi connectivity index (χ3n) is 1.49. The highest BCUT2D eigenvalue weighted by atomic mass is 16.2. The number of amides is 2.